The molecule has 0 fully saturated rings. The first-order valence-corrected chi connectivity index (χ1v) is 7.06. The second kappa shape index (κ2) is 5.45. The van der Waals surface area contributed by atoms with Gasteiger partial charge in [0, 0.05) is 22.3 Å². The molecule has 0 aliphatic rings. The fraction of sp³-hybridized carbons (Fsp3) is 0.200. The van der Waals surface area contributed by atoms with Gasteiger partial charge in [0.1, 0.15) is 10.0 Å². The maximum Gasteiger partial charge on any atom is 0.149 e. The molecular weight excluding hydrogens is 331 g/mol. The van der Waals surface area contributed by atoms with E-state index in [4.69, 9.17) is 23.2 Å². The molecule has 16 heavy (non-hydrogen) atoms. The van der Waals surface area contributed by atoms with Gasteiger partial charge in [0.2, 0.25) is 0 Å². The first-order valence-electron chi connectivity index (χ1n) is 4.54. The molecule has 1 heterocycles. The van der Waals surface area contributed by atoms with Crippen LogP contribution >= 0.6 is 50.5 Å². The van der Waals surface area contributed by atoms with Crippen LogP contribution in [0.5, 0.6) is 0 Å². The Morgan fingerprint density at radius 3 is 2.88 bits per heavy atom. The van der Waals surface area contributed by atoms with Crippen LogP contribution in [0.2, 0.25) is 5.02 Å². The molecule has 84 valence electrons. The maximum absolute atomic E-state index is 6.11. The van der Waals surface area contributed by atoms with E-state index in [-0.39, 0.29) is 0 Å². The van der Waals surface area contributed by atoms with Crippen LogP contribution in [0.1, 0.15) is 5.01 Å². The first-order chi connectivity index (χ1) is 7.70. The highest BCUT2D eigenvalue weighted by atomic mass is 79.9. The normalized spacial score (nSPS) is 10.7. The zero-order valence-corrected chi connectivity index (χ0v) is 12.0. The average molecular weight is 338 g/mol. The molecule has 0 unspecified atom stereocenters. The third-order valence-corrected chi connectivity index (χ3v) is 3.96. The van der Waals surface area contributed by atoms with Crippen molar-refractivity contribution in [1.29, 1.82) is 0 Å². The Hall–Kier alpha value is -0.160. The Kier molecular flexibility index (Phi) is 4.19. The molecule has 0 aliphatic carbocycles. The minimum Gasteiger partial charge on any atom is -0.143 e. The van der Waals surface area contributed by atoms with Gasteiger partial charge in [-0.1, -0.05) is 38.9 Å². The van der Waals surface area contributed by atoms with E-state index < -0.39 is 0 Å². The quantitative estimate of drug-likeness (QED) is 0.775. The van der Waals surface area contributed by atoms with Crippen LogP contribution < -0.4 is 0 Å². The van der Waals surface area contributed by atoms with E-state index in [0.29, 0.717) is 10.9 Å². The van der Waals surface area contributed by atoms with Crippen LogP contribution in [0, 0.1) is 0 Å². The average Bonchev–Trinajstić information content (AvgIpc) is 2.71. The standard InChI is InChI=1S/C10H7BrCl2N2S/c11-6-1-2-8(13)7(5-6)10-15-14-9(16-10)3-4-12/h1-2,5H,3-4H2. The minimum absolute atomic E-state index is 0.556. The topological polar surface area (TPSA) is 25.8 Å². The molecule has 0 bridgehead atoms. The summed E-state index contributed by atoms with van der Waals surface area (Å²) in [6.07, 6.45) is 0.741. The predicted octanol–water partition coefficient (Wildman–Crippen LogP) is 4.40. The number of rotatable bonds is 3. The van der Waals surface area contributed by atoms with Gasteiger partial charge in [-0.15, -0.1) is 21.8 Å². The van der Waals surface area contributed by atoms with Gasteiger partial charge in [-0.2, -0.15) is 0 Å². The van der Waals surface area contributed by atoms with E-state index in [2.05, 4.69) is 26.1 Å². The van der Waals surface area contributed by atoms with Crippen molar-refractivity contribution in [3.8, 4) is 10.6 Å². The zero-order valence-electron chi connectivity index (χ0n) is 8.08. The summed E-state index contributed by atoms with van der Waals surface area (Å²) in [4.78, 5) is 0. The lowest BCUT2D eigenvalue weighted by atomic mass is 10.2. The smallest absolute Gasteiger partial charge is 0.143 e. The van der Waals surface area contributed by atoms with Crippen LogP contribution in [0.15, 0.2) is 22.7 Å². The van der Waals surface area contributed by atoms with Crippen molar-refractivity contribution in [3.05, 3.63) is 32.7 Å². The lowest BCUT2D eigenvalue weighted by Crippen LogP contribution is -1.83. The number of nitrogens with zero attached hydrogens (tertiary/aromatic N) is 2. The lowest BCUT2D eigenvalue weighted by Gasteiger charge is -1.99. The van der Waals surface area contributed by atoms with E-state index in [1.807, 2.05) is 18.2 Å². The van der Waals surface area contributed by atoms with Gasteiger partial charge in [-0.25, -0.2) is 0 Å². The summed E-state index contributed by atoms with van der Waals surface area (Å²) in [5.74, 6) is 0.556. The molecule has 0 N–H and O–H groups in total. The Morgan fingerprint density at radius 2 is 2.12 bits per heavy atom. The molecular formula is C10H7BrCl2N2S. The van der Waals surface area contributed by atoms with Crippen LogP contribution in [-0.2, 0) is 6.42 Å². The van der Waals surface area contributed by atoms with Crippen molar-refractivity contribution in [2.75, 3.05) is 5.88 Å². The van der Waals surface area contributed by atoms with Gasteiger partial charge in [0.05, 0.1) is 5.02 Å². The molecule has 0 saturated carbocycles. The van der Waals surface area contributed by atoms with Crippen molar-refractivity contribution in [2.45, 2.75) is 6.42 Å². The molecule has 0 amide bonds. The zero-order chi connectivity index (χ0) is 11.5. The summed E-state index contributed by atoms with van der Waals surface area (Å²) >= 11 is 16.7. The predicted molar refractivity (Wildman–Crippen MR) is 72.5 cm³/mol. The SMILES string of the molecule is ClCCc1nnc(-c2cc(Br)ccc2Cl)s1. The van der Waals surface area contributed by atoms with Gasteiger partial charge >= 0.3 is 0 Å². The van der Waals surface area contributed by atoms with Crippen LogP contribution in [0.3, 0.4) is 0 Å². The van der Waals surface area contributed by atoms with E-state index in [1.54, 1.807) is 0 Å². The molecule has 2 nitrogen and oxygen atoms in total. The van der Waals surface area contributed by atoms with Crippen LogP contribution in [0.25, 0.3) is 10.6 Å². The molecule has 0 radical (unpaired) electrons. The Morgan fingerprint density at radius 1 is 1.31 bits per heavy atom. The number of hydrogen-bond acceptors (Lipinski definition) is 3. The molecule has 2 aromatic rings. The second-order valence-electron chi connectivity index (χ2n) is 3.06. The van der Waals surface area contributed by atoms with Gasteiger partial charge in [0.25, 0.3) is 0 Å². The molecule has 0 saturated heterocycles. The number of benzene rings is 1. The minimum atomic E-state index is 0.556. The lowest BCUT2D eigenvalue weighted by molar-refractivity contribution is 0.990. The van der Waals surface area contributed by atoms with E-state index in [9.17, 15) is 0 Å². The largest absolute Gasteiger partial charge is 0.149 e. The van der Waals surface area contributed by atoms with Crippen molar-refractivity contribution in [1.82, 2.24) is 10.2 Å². The summed E-state index contributed by atoms with van der Waals surface area (Å²) in [5.41, 5.74) is 0.898. The molecule has 0 spiro atoms. The number of hydrogen-bond donors (Lipinski definition) is 0. The van der Waals surface area contributed by atoms with E-state index in [0.717, 1.165) is 26.5 Å². The van der Waals surface area contributed by atoms with Crippen LogP contribution in [-0.4, -0.2) is 16.1 Å². The summed E-state index contributed by atoms with van der Waals surface area (Å²) < 4.78 is 0.973. The fourth-order valence-corrected chi connectivity index (χ4v) is 2.99. The highest BCUT2D eigenvalue weighted by molar-refractivity contribution is 9.10. The fourth-order valence-electron chi connectivity index (χ4n) is 1.21. The molecule has 0 aliphatic heterocycles. The summed E-state index contributed by atoms with van der Waals surface area (Å²) in [5, 5.41) is 10.6. The van der Waals surface area contributed by atoms with Gasteiger partial charge in [-0.3, -0.25) is 0 Å². The summed E-state index contributed by atoms with van der Waals surface area (Å²) in [7, 11) is 0. The number of halogens is 3. The van der Waals surface area contributed by atoms with Gasteiger partial charge in [0.15, 0.2) is 0 Å². The molecule has 6 heteroatoms. The van der Waals surface area contributed by atoms with Crippen molar-refractivity contribution in [2.24, 2.45) is 0 Å². The monoisotopic (exact) mass is 336 g/mol. The third-order valence-electron chi connectivity index (χ3n) is 1.93. The van der Waals surface area contributed by atoms with Crippen molar-refractivity contribution < 1.29 is 0 Å². The summed E-state index contributed by atoms with van der Waals surface area (Å²) in [6, 6.07) is 5.67. The van der Waals surface area contributed by atoms with Crippen LogP contribution in [0.4, 0.5) is 0 Å². The molecule has 2 rings (SSSR count). The van der Waals surface area contributed by atoms with E-state index >= 15 is 0 Å². The number of aromatic nitrogens is 2. The maximum atomic E-state index is 6.11. The second-order valence-corrected chi connectivity index (χ2v) is 5.83. The highest BCUT2D eigenvalue weighted by Gasteiger charge is 2.10. The Bertz CT molecular complexity index is 501. The molecule has 1 aromatic heterocycles. The van der Waals surface area contributed by atoms with E-state index in [1.165, 1.54) is 11.3 Å². The summed E-state index contributed by atoms with van der Waals surface area (Å²) in [6.45, 7) is 0. The van der Waals surface area contributed by atoms with Gasteiger partial charge < -0.3 is 0 Å². The Labute approximate surface area is 116 Å². The Balaban J connectivity index is 2.38. The highest BCUT2D eigenvalue weighted by Crippen LogP contribution is 2.32. The number of alkyl halides is 1. The van der Waals surface area contributed by atoms with Crippen molar-refractivity contribution >= 4 is 50.5 Å². The van der Waals surface area contributed by atoms with Crippen molar-refractivity contribution in [3.63, 3.8) is 0 Å². The number of aryl methyl sites for hydroxylation is 1. The molecule has 0 atom stereocenters. The third kappa shape index (κ3) is 2.74. The van der Waals surface area contributed by atoms with Gasteiger partial charge in [-0.05, 0) is 18.2 Å². The first kappa shape index (κ1) is 12.3. The molecule has 1 aromatic carbocycles.